The zero-order chi connectivity index (χ0) is 21.0. The Morgan fingerprint density at radius 3 is 2.52 bits per heavy atom. The molecule has 0 aromatic heterocycles. The van der Waals surface area contributed by atoms with Gasteiger partial charge in [-0.1, -0.05) is 53.0 Å². The molecule has 2 aromatic carbocycles. The van der Waals surface area contributed by atoms with E-state index in [2.05, 4.69) is 0 Å². The zero-order valence-corrected chi connectivity index (χ0v) is 18.2. The van der Waals surface area contributed by atoms with E-state index in [1.807, 2.05) is 31.2 Å². The van der Waals surface area contributed by atoms with Crippen LogP contribution in [0.4, 0.5) is 4.79 Å². The van der Waals surface area contributed by atoms with Crippen molar-refractivity contribution in [3.05, 3.63) is 68.0 Å². The minimum Gasteiger partial charge on any atom is -0.486 e. The number of benzene rings is 2. The molecule has 5 nitrogen and oxygen atoms in total. The highest BCUT2D eigenvalue weighted by atomic mass is 35.5. The van der Waals surface area contributed by atoms with Gasteiger partial charge < -0.3 is 9.47 Å². The Balaban J connectivity index is 1.76. The first-order chi connectivity index (χ1) is 13.9. The number of hydrogen-bond donors (Lipinski definition) is 0. The molecule has 152 valence electrons. The summed E-state index contributed by atoms with van der Waals surface area (Å²) in [7, 11) is 1.52. The predicted octanol–water partition coefficient (Wildman–Crippen LogP) is 5.56. The number of imide groups is 1. The Hall–Kier alpha value is -1.99. The van der Waals surface area contributed by atoms with Crippen LogP contribution in [0.3, 0.4) is 0 Å². The molecule has 0 unspecified atom stereocenters. The van der Waals surface area contributed by atoms with E-state index in [9.17, 15) is 9.59 Å². The first-order valence-corrected chi connectivity index (χ1v) is 10.4. The summed E-state index contributed by atoms with van der Waals surface area (Å²) >= 11 is 13.6. The molecule has 2 aromatic rings. The van der Waals surface area contributed by atoms with E-state index in [1.165, 1.54) is 7.11 Å². The van der Waals surface area contributed by atoms with E-state index in [4.69, 9.17) is 32.7 Å². The van der Waals surface area contributed by atoms with Crippen LogP contribution in [0.2, 0.25) is 10.0 Å². The fourth-order valence-corrected chi connectivity index (χ4v) is 4.26. The highest BCUT2D eigenvalue weighted by molar-refractivity contribution is 8.18. The number of carbonyl (C=O) groups is 2. The fraction of sp³-hybridized carbons (Fsp3) is 0.238. The lowest BCUT2D eigenvalue weighted by Crippen LogP contribution is -2.31. The molecule has 1 fully saturated rings. The van der Waals surface area contributed by atoms with Gasteiger partial charge in [-0.15, -0.1) is 0 Å². The van der Waals surface area contributed by atoms with Gasteiger partial charge in [0.15, 0.2) is 5.75 Å². The van der Waals surface area contributed by atoms with E-state index in [0.29, 0.717) is 32.9 Å². The third kappa shape index (κ3) is 5.34. The molecule has 1 saturated heterocycles. The quantitative estimate of drug-likeness (QED) is 0.515. The summed E-state index contributed by atoms with van der Waals surface area (Å²) in [6.07, 6.45) is 1.60. The van der Waals surface area contributed by atoms with Gasteiger partial charge in [-0.05, 0) is 48.0 Å². The number of methoxy groups -OCH3 is 1. The molecule has 1 heterocycles. The number of rotatable bonds is 7. The largest absolute Gasteiger partial charge is 0.486 e. The SMILES string of the molecule is COCCN1C(=O)S/C(=C/c2cc(Cl)c(OCc3cccc(C)c3)c(Cl)c2)C1=O. The molecular formula is C21H19Cl2NO4S. The monoisotopic (exact) mass is 451 g/mol. The van der Waals surface area contributed by atoms with Gasteiger partial charge in [0.2, 0.25) is 0 Å². The number of amides is 2. The summed E-state index contributed by atoms with van der Waals surface area (Å²) in [5.74, 6) is 0.0178. The van der Waals surface area contributed by atoms with Crippen LogP contribution >= 0.6 is 35.0 Å². The van der Waals surface area contributed by atoms with Gasteiger partial charge in [-0.2, -0.15) is 0 Å². The van der Waals surface area contributed by atoms with E-state index in [0.717, 1.165) is 27.8 Å². The summed E-state index contributed by atoms with van der Waals surface area (Å²) in [6, 6.07) is 11.3. The molecule has 8 heteroatoms. The predicted molar refractivity (Wildman–Crippen MR) is 117 cm³/mol. The maximum atomic E-state index is 12.4. The van der Waals surface area contributed by atoms with Crippen LogP contribution in [0.5, 0.6) is 5.75 Å². The lowest BCUT2D eigenvalue weighted by molar-refractivity contribution is -0.123. The van der Waals surface area contributed by atoms with Gasteiger partial charge in [0, 0.05) is 7.11 Å². The molecule has 0 saturated carbocycles. The van der Waals surface area contributed by atoms with Crippen LogP contribution < -0.4 is 4.74 Å². The minimum atomic E-state index is -0.357. The Kier molecular flexibility index (Phi) is 7.24. The average molecular weight is 452 g/mol. The van der Waals surface area contributed by atoms with E-state index in [-0.39, 0.29) is 24.3 Å². The summed E-state index contributed by atoms with van der Waals surface area (Å²) in [5.41, 5.74) is 2.75. The number of thioether (sulfide) groups is 1. The van der Waals surface area contributed by atoms with Crippen LogP contribution in [0.25, 0.3) is 6.08 Å². The first-order valence-electron chi connectivity index (χ1n) is 8.80. The van der Waals surface area contributed by atoms with Gasteiger partial charge in [0.05, 0.1) is 28.1 Å². The van der Waals surface area contributed by atoms with Gasteiger partial charge in [-0.25, -0.2) is 0 Å². The second-order valence-corrected chi connectivity index (χ2v) is 8.23. The molecule has 3 rings (SSSR count). The maximum absolute atomic E-state index is 12.4. The van der Waals surface area contributed by atoms with Crippen molar-refractivity contribution in [2.75, 3.05) is 20.3 Å². The van der Waals surface area contributed by atoms with Crippen molar-refractivity contribution < 1.29 is 19.1 Å². The molecule has 2 amide bonds. The number of halogens is 2. The summed E-state index contributed by atoms with van der Waals surface area (Å²) < 4.78 is 10.7. The highest BCUT2D eigenvalue weighted by Crippen LogP contribution is 2.37. The Labute approximate surface area is 183 Å². The molecule has 1 aliphatic heterocycles. The molecule has 0 atom stereocenters. The maximum Gasteiger partial charge on any atom is 0.293 e. The Morgan fingerprint density at radius 2 is 1.86 bits per heavy atom. The van der Waals surface area contributed by atoms with E-state index >= 15 is 0 Å². The number of hydrogen-bond acceptors (Lipinski definition) is 5. The fourth-order valence-electron chi connectivity index (χ4n) is 2.78. The van der Waals surface area contributed by atoms with Gasteiger partial charge in [-0.3, -0.25) is 14.5 Å². The summed E-state index contributed by atoms with van der Waals surface area (Å²) in [4.78, 5) is 25.9. The zero-order valence-electron chi connectivity index (χ0n) is 15.9. The molecule has 0 N–H and O–H groups in total. The van der Waals surface area contributed by atoms with Gasteiger partial charge >= 0.3 is 0 Å². The van der Waals surface area contributed by atoms with Crippen LogP contribution in [0, 0.1) is 6.92 Å². The van der Waals surface area contributed by atoms with Crippen LogP contribution in [0.15, 0.2) is 41.3 Å². The van der Waals surface area contributed by atoms with E-state index < -0.39 is 0 Å². The number of ether oxygens (including phenoxy) is 2. The second kappa shape index (κ2) is 9.67. The minimum absolute atomic E-state index is 0.214. The molecule has 0 aliphatic carbocycles. The highest BCUT2D eigenvalue weighted by Gasteiger charge is 2.34. The number of carbonyl (C=O) groups excluding carboxylic acids is 2. The third-order valence-electron chi connectivity index (χ3n) is 4.18. The normalized spacial score (nSPS) is 15.4. The van der Waals surface area contributed by atoms with Crippen LogP contribution in [-0.4, -0.2) is 36.3 Å². The average Bonchev–Trinajstić information content (AvgIpc) is 2.92. The van der Waals surface area contributed by atoms with Crippen molar-refractivity contribution in [1.29, 1.82) is 0 Å². The molecule has 0 bridgehead atoms. The van der Waals surface area contributed by atoms with Crippen LogP contribution in [-0.2, 0) is 16.1 Å². The Morgan fingerprint density at radius 1 is 1.14 bits per heavy atom. The molecule has 29 heavy (non-hydrogen) atoms. The van der Waals surface area contributed by atoms with Crippen molar-refractivity contribution in [1.82, 2.24) is 4.90 Å². The third-order valence-corrected chi connectivity index (χ3v) is 5.65. The summed E-state index contributed by atoms with van der Waals surface area (Å²) in [5, 5.41) is 0.332. The molecular weight excluding hydrogens is 433 g/mol. The van der Waals surface area contributed by atoms with Crippen molar-refractivity contribution in [2.24, 2.45) is 0 Å². The van der Waals surface area contributed by atoms with Gasteiger partial charge in [0.25, 0.3) is 11.1 Å². The van der Waals surface area contributed by atoms with E-state index in [1.54, 1.807) is 18.2 Å². The lowest BCUT2D eigenvalue weighted by atomic mass is 10.1. The Bertz CT molecular complexity index is 954. The van der Waals surface area contributed by atoms with Crippen LogP contribution in [0.1, 0.15) is 16.7 Å². The number of nitrogens with zero attached hydrogens (tertiary/aromatic N) is 1. The van der Waals surface area contributed by atoms with Crippen molar-refractivity contribution >= 4 is 52.2 Å². The second-order valence-electron chi connectivity index (χ2n) is 6.42. The lowest BCUT2D eigenvalue weighted by Gasteiger charge is -2.12. The van der Waals surface area contributed by atoms with Crippen molar-refractivity contribution in [3.63, 3.8) is 0 Å². The smallest absolute Gasteiger partial charge is 0.293 e. The molecule has 0 radical (unpaired) electrons. The molecule has 0 spiro atoms. The molecule has 1 aliphatic rings. The standard InChI is InChI=1S/C21H19Cl2NO4S/c1-13-4-3-5-14(8-13)12-28-19-16(22)9-15(10-17(19)23)11-18-20(25)24(6-7-27-2)21(26)29-18/h3-5,8-11H,6-7,12H2,1-2H3/b18-11+. The van der Waals surface area contributed by atoms with Gasteiger partial charge in [0.1, 0.15) is 6.61 Å². The first kappa shape index (κ1) is 21.7. The number of aryl methyl sites for hydroxylation is 1. The topological polar surface area (TPSA) is 55.8 Å². The van der Waals surface area contributed by atoms with Crippen molar-refractivity contribution in [3.8, 4) is 5.75 Å². The van der Waals surface area contributed by atoms with Crippen molar-refractivity contribution in [2.45, 2.75) is 13.5 Å². The summed E-state index contributed by atoms with van der Waals surface area (Å²) in [6.45, 7) is 2.84.